The van der Waals surface area contributed by atoms with Crippen LogP contribution < -0.4 is 0 Å². The van der Waals surface area contributed by atoms with Crippen molar-refractivity contribution in [1.82, 2.24) is 9.80 Å². The van der Waals surface area contributed by atoms with Gasteiger partial charge in [0.2, 0.25) is 11.8 Å². The standard InChI is InChI=1S/C19H24ClFN2O2/c1-22-9-6-19(5-4-17(22)24)7-10-23(11-8-19)18(25)12-14-2-3-15(21)13-16(14)20/h2-3,13H,4-12H2,1H3. The van der Waals surface area contributed by atoms with Crippen molar-refractivity contribution in [2.24, 2.45) is 5.41 Å². The van der Waals surface area contributed by atoms with Crippen LogP contribution in [0, 0.1) is 11.2 Å². The first-order valence-corrected chi connectivity index (χ1v) is 9.22. The monoisotopic (exact) mass is 366 g/mol. The number of carbonyl (C=O) groups excluding carboxylic acids is 2. The summed E-state index contributed by atoms with van der Waals surface area (Å²) in [5.74, 6) is -0.138. The molecule has 136 valence electrons. The second kappa shape index (κ2) is 7.32. The van der Waals surface area contributed by atoms with Crippen LogP contribution >= 0.6 is 11.6 Å². The van der Waals surface area contributed by atoms with E-state index in [1.54, 1.807) is 6.07 Å². The summed E-state index contributed by atoms with van der Waals surface area (Å²) in [5, 5.41) is 0.298. The van der Waals surface area contributed by atoms with Gasteiger partial charge in [0.05, 0.1) is 6.42 Å². The molecule has 1 spiro atoms. The van der Waals surface area contributed by atoms with Crippen molar-refractivity contribution in [3.8, 4) is 0 Å². The van der Waals surface area contributed by atoms with Gasteiger partial charge >= 0.3 is 0 Å². The number of hydrogen-bond donors (Lipinski definition) is 0. The quantitative estimate of drug-likeness (QED) is 0.806. The summed E-state index contributed by atoms with van der Waals surface area (Å²) < 4.78 is 13.1. The predicted octanol–water partition coefficient (Wildman–Crippen LogP) is 3.27. The summed E-state index contributed by atoms with van der Waals surface area (Å²) in [5.41, 5.74) is 0.847. The average molecular weight is 367 g/mol. The van der Waals surface area contributed by atoms with Crippen molar-refractivity contribution in [3.05, 3.63) is 34.6 Å². The Hall–Kier alpha value is -1.62. The fourth-order valence-electron chi connectivity index (χ4n) is 3.89. The zero-order valence-corrected chi connectivity index (χ0v) is 15.3. The maximum atomic E-state index is 13.1. The minimum Gasteiger partial charge on any atom is -0.346 e. The van der Waals surface area contributed by atoms with E-state index in [9.17, 15) is 14.0 Å². The summed E-state index contributed by atoms with van der Waals surface area (Å²) in [4.78, 5) is 28.2. The van der Waals surface area contributed by atoms with Crippen molar-refractivity contribution >= 4 is 23.4 Å². The van der Waals surface area contributed by atoms with E-state index in [0.717, 1.165) is 45.3 Å². The Kier molecular flexibility index (Phi) is 5.32. The third-order valence-corrected chi connectivity index (χ3v) is 6.16. The van der Waals surface area contributed by atoms with Crippen LogP contribution in [0.1, 0.15) is 37.7 Å². The van der Waals surface area contributed by atoms with Crippen LogP contribution in [0.3, 0.4) is 0 Å². The van der Waals surface area contributed by atoms with Crippen molar-refractivity contribution in [1.29, 1.82) is 0 Å². The summed E-state index contributed by atoms with van der Waals surface area (Å²) in [7, 11) is 1.87. The predicted molar refractivity (Wildman–Crippen MR) is 94.8 cm³/mol. The van der Waals surface area contributed by atoms with E-state index in [1.807, 2.05) is 16.8 Å². The van der Waals surface area contributed by atoms with Crippen LogP contribution in [0.25, 0.3) is 0 Å². The van der Waals surface area contributed by atoms with E-state index in [4.69, 9.17) is 11.6 Å². The van der Waals surface area contributed by atoms with Crippen LogP contribution in [-0.4, -0.2) is 48.3 Å². The summed E-state index contributed by atoms with van der Waals surface area (Å²) in [6.07, 6.45) is 4.63. The minimum absolute atomic E-state index is 0.0326. The first-order chi connectivity index (χ1) is 11.9. The molecular formula is C19H24ClFN2O2. The molecule has 0 bridgehead atoms. The molecule has 0 atom stereocenters. The molecule has 25 heavy (non-hydrogen) atoms. The number of piperidine rings is 1. The summed E-state index contributed by atoms with van der Waals surface area (Å²) in [6, 6.07) is 4.15. The molecule has 0 unspecified atom stereocenters. The molecule has 2 amide bonds. The zero-order chi connectivity index (χ0) is 18.0. The van der Waals surface area contributed by atoms with Crippen LogP contribution in [0.2, 0.25) is 5.02 Å². The zero-order valence-electron chi connectivity index (χ0n) is 14.6. The normalized spacial score (nSPS) is 20.7. The lowest BCUT2D eigenvalue weighted by Gasteiger charge is -2.41. The lowest BCUT2D eigenvalue weighted by Crippen LogP contribution is -2.44. The van der Waals surface area contributed by atoms with Crippen molar-refractivity contribution in [2.75, 3.05) is 26.7 Å². The number of hydrogen-bond acceptors (Lipinski definition) is 2. The fraction of sp³-hybridized carbons (Fsp3) is 0.579. The van der Waals surface area contributed by atoms with E-state index in [1.165, 1.54) is 12.1 Å². The Balaban J connectivity index is 1.58. The number of rotatable bonds is 2. The Morgan fingerprint density at radius 2 is 1.88 bits per heavy atom. The van der Waals surface area contributed by atoms with Crippen LogP contribution in [-0.2, 0) is 16.0 Å². The third-order valence-electron chi connectivity index (χ3n) is 5.81. The Morgan fingerprint density at radius 3 is 2.56 bits per heavy atom. The maximum Gasteiger partial charge on any atom is 0.227 e. The largest absolute Gasteiger partial charge is 0.346 e. The number of halogens is 2. The summed E-state index contributed by atoms with van der Waals surface area (Å²) >= 11 is 6.03. The molecule has 6 heteroatoms. The van der Waals surface area contributed by atoms with Gasteiger partial charge in [-0.2, -0.15) is 0 Å². The van der Waals surface area contributed by atoms with E-state index in [-0.39, 0.29) is 23.7 Å². The first kappa shape index (κ1) is 18.2. The molecule has 2 aliphatic heterocycles. The van der Waals surface area contributed by atoms with E-state index in [2.05, 4.69) is 0 Å². The highest BCUT2D eigenvalue weighted by atomic mass is 35.5. The molecule has 0 N–H and O–H groups in total. The van der Waals surface area contributed by atoms with Gasteiger partial charge in [-0.1, -0.05) is 17.7 Å². The topological polar surface area (TPSA) is 40.6 Å². The number of likely N-dealkylation sites (tertiary alicyclic amines) is 2. The number of carbonyl (C=O) groups is 2. The van der Waals surface area contributed by atoms with Gasteiger partial charge in [0.1, 0.15) is 5.82 Å². The van der Waals surface area contributed by atoms with E-state index < -0.39 is 5.82 Å². The SMILES string of the molecule is CN1CCC2(CCC1=O)CCN(C(=O)Cc1ccc(F)cc1Cl)CC2. The maximum absolute atomic E-state index is 13.1. The Morgan fingerprint density at radius 1 is 1.20 bits per heavy atom. The molecule has 2 aliphatic rings. The lowest BCUT2D eigenvalue weighted by atomic mass is 9.73. The minimum atomic E-state index is -0.394. The van der Waals surface area contributed by atoms with Gasteiger partial charge in [-0.25, -0.2) is 4.39 Å². The average Bonchev–Trinajstić information content (AvgIpc) is 2.72. The molecule has 3 rings (SSSR count). The van der Waals surface area contributed by atoms with Gasteiger partial charge in [0, 0.05) is 38.1 Å². The first-order valence-electron chi connectivity index (χ1n) is 8.84. The fourth-order valence-corrected chi connectivity index (χ4v) is 4.12. The van der Waals surface area contributed by atoms with Gasteiger partial charge in [0.15, 0.2) is 0 Å². The number of nitrogens with zero attached hydrogens (tertiary/aromatic N) is 2. The molecule has 0 aliphatic carbocycles. The lowest BCUT2D eigenvalue weighted by molar-refractivity contribution is -0.133. The molecule has 0 aromatic heterocycles. The summed E-state index contributed by atoms with van der Waals surface area (Å²) in [6.45, 7) is 2.24. The molecule has 0 saturated carbocycles. The van der Waals surface area contributed by atoms with Gasteiger partial charge in [-0.3, -0.25) is 9.59 Å². The third kappa shape index (κ3) is 4.14. The molecule has 0 radical (unpaired) electrons. The van der Waals surface area contributed by atoms with E-state index >= 15 is 0 Å². The van der Waals surface area contributed by atoms with Gasteiger partial charge in [-0.15, -0.1) is 0 Å². The van der Waals surface area contributed by atoms with Crippen molar-refractivity contribution in [3.63, 3.8) is 0 Å². The molecule has 2 saturated heterocycles. The van der Waals surface area contributed by atoms with Crippen molar-refractivity contribution in [2.45, 2.75) is 38.5 Å². The van der Waals surface area contributed by atoms with E-state index in [0.29, 0.717) is 17.0 Å². The Bertz CT molecular complexity index is 671. The molecule has 2 heterocycles. The highest BCUT2D eigenvalue weighted by molar-refractivity contribution is 6.31. The van der Waals surface area contributed by atoms with Gasteiger partial charge < -0.3 is 9.80 Å². The van der Waals surface area contributed by atoms with Crippen LogP contribution in [0.4, 0.5) is 4.39 Å². The number of benzene rings is 1. The molecule has 1 aromatic carbocycles. The smallest absolute Gasteiger partial charge is 0.227 e. The highest BCUT2D eigenvalue weighted by Crippen LogP contribution is 2.41. The van der Waals surface area contributed by atoms with Gasteiger partial charge in [0.25, 0.3) is 0 Å². The highest BCUT2D eigenvalue weighted by Gasteiger charge is 2.38. The second-order valence-corrected chi connectivity index (χ2v) is 7.77. The molecule has 1 aromatic rings. The Labute approximate surface area is 152 Å². The second-order valence-electron chi connectivity index (χ2n) is 7.36. The number of amides is 2. The van der Waals surface area contributed by atoms with Gasteiger partial charge in [-0.05, 0) is 48.8 Å². The molecule has 2 fully saturated rings. The van der Waals surface area contributed by atoms with Crippen LogP contribution in [0.5, 0.6) is 0 Å². The molecular weight excluding hydrogens is 343 g/mol. The molecule has 4 nitrogen and oxygen atoms in total. The van der Waals surface area contributed by atoms with Crippen LogP contribution in [0.15, 0.2) is 18.2 Å². The van der Waals surface area contributed by atoms with Crippen molar-refractivity contribution < 1.29 is 14.0 Å².